The van der Waals surface area contributed by atoms with Crippen LogP contribution in [0, 0.1) is 0 Å². The minimum atomic E-state index is -0.123. The predicted octanol–water partition coefficient (Wildman–Crippen LogP) is 1.45. The molecular weight excluding hydrogens is 178 g/mol. The molecule has 2 heterocycles. The fraction of sp³-hybridized carbons (Fsp3) is 1.00. The van der Waals surface area contributed by atoms with Gasteiger partial charge >= 0.3 is 0 Å². The van der Waals surface area contributed by atoms with Crippen LogP contribution < -0.4 is 5.73 Å². The van der Waals surface area contributed by atoms with Gasteiger partial charge in [-0.15, -0.1) is 0 Å². The zero-order chi connectivity index (χ0) is 10.4. The number of hydrogen-bond donors (Lipinski definition) is 1. The SMILES string of the molecule is CC1CC2(CCC(C)(CN)O2)C(C)O1. The molecule has 4 unspecified atom stereocenters. The van der Waals surface area contributed by atoms with Crippen LogP contribution in [-0.2, 0) is 9.47 Å². The molecule has 0 aromatic heterocycles. The van der Waals surface area contributed by atoms with Crippen LogP contribution in [0.3, 0.4) is 0 Å². The Balaban J connectivity index is 2.13. The first-order valence-corrected chi connectivity index (χ1v) is 5.55. The highest BCUT2D eigenvalue weighted by atomic mass is 16.6. The average molecular weight is 199 g/mol. The molecule has 0 bridgehead atoms. The second-order valence-corrected chi connectivity index (χ2v) is 5.11. The smallest absolute Gasteiger partial charge is 0.0973 e. The van der Waals surface area contributed by atoms with E-state index >= 15 is 0 Å². The van der Waals surface area contributed by atoms with E-state index in [4.69, 9.17) is 15.2 Å². The van der Waals surface area contributed by atoms with Crippen LogP contribution >= 0.6 is 0 Å². The summed E-state index contributed by atoms with van der Waals surface area (Å²) in [5.74, 6) is 0. The van der Waals surface area contributed by atoms with E-state index in [0.29, 0.717) is 12.6 Å². The minimum Gasteiger partial charge on any atom is -0.372 e. The summed E-state index contributed by atoms with van der Waals surface area (Å²) in [4.78, 5) is 0. The first kappa shape index (κ1) is 10.4. The highest BCUT2D eigenvalue weighted by molar-refractivity contribution is 5.03. The second kappa shape index (κ2) is 3.19. The molecule has 2 aliphatic heterocycles. The monoisotopic (exact) mass is 199 g/mol. The normalized spacial score (nSPS) is 53.1. The van der Waals surface area contributed by atoms with Crippen LogP contribution in [0.4, 0.5) is 0 Å². The molecule has 0 amide bonds. The molecular formula is C11H21NO2. The van der Waals surface area contributed by atoms with E-state index in [-0.39, 0.29) is 17.3 Å². The first-order valence-electron chi connectivity index (χ1n) is 5.55. The van der Waals surface area contributed by atoms with Crippen LogP contribution in [-0.4, -0.2) is 30.0 Å². The Bertz CT molecular complexity index is 233. The summed E-state index contributed by atoms with van der Waals surface area (Å²) in [5, 5.41) is 0. The van der Waals surface area contributed by atoms with Gasteiger partial charge < -0.3 is 15.2 Å². The van der Waals surface area contributed by atoms with Crippen molar-refractivity contribution in [2.24, 2.45) is 5.73 Å². The van der Waals surface area contributed by atoms with Crippen molar-refractivity contribution in [3.63, 3.8) is 0 Å². The van der Waals surface area contributed by atoms with Crippen molar-refractivity contribution in [2.45, 2.75) is 63.4 Å². The van der Waals surface area contributed by atoms with E-state index in [1.807, 2.05) is 0 Å². The van der Waals surface area contributed by atoms with Gasteiger partial charge in [0.15, 0.2) is 0 Å². The molecule has 0 aliphatic carbocycles. The summed E-state index contributed by atoms with van der Waals surface area (Å²) in [7, 11) is 0. The van der Waals surface area contributed by atoms with E-state index in [2.05, 4.69) is 20.8 Å². The average Bonchev–Trinajstić information content (AvgIpc) is 2.58. The van der Waals surface area contributed by atoms with Gasteiger partial charge in [0.2, 0.25) is 0 Å². The molecule has 2 aliphatic rings. The van der Waals surface area contributed by atoms with Crippen molar-refractivity contribution in [3.8, 4) is 0 Å². The zero-order valence-electron chi connectivity index (χ0n) is 9.38. The summed E-state index contributed by atoms with van der Waals surface area (Å²) in [6, 6.07) is 0. The molecule has 0 radical (unpaired) electrons. The van der Waals surface area contributed by atoms with E-state index in [9.17, 15) is 0 Å². The minimum absolute atomic E-state index is 0.0481. The Morgan fingerprint density at radius 3 is 2.50 bits per heavy atom. The largest absolute Gasteiger partial charge is 0.372 e. The van der Waals surface area contributed by atoms with Crippen molar-refractivity contribution < 1.29 is 9.47 Å². The fourth-order valence-electron chi connectivity index (χ4n) is 2.82. The van der Waals surface area contributed by atoms with E-state index in [1.54, 1.807) is 0 Å². The summed E-state index contributed by atoms with van der Waals surface area (Å²) in [5.41, 5.74) is 5.56. The van der Waals surface area contributed by atoms with Crippen LogP contribution in [0.5, 0.6) is 0 Å². The fourth-order valence-corrected chi connectivity index (χ4v) is 2.82. The molecule has 1 spiro atoms. The molecule has 82 valence electrons. The van der Waals surface area contributed by atoms with Crippen molar-refractivity contribution in [3.05, 3.63) is 0 Å². The summed E-state index contributed by atoms with van der Waals surface area (Å²) in [6.07, 6.45) is 3.70. The Labute approximate surface area is 85.9 Å². The third-order valence-electron chi connectivity index (χ3n) is 3.77. The number of nitrogens with two attached hydrogens (primary N) is 1. The first-order chi connectivity index (χ1) is 6.50. The lowest BCUT2D eigenvalue weighted by molar-refractivity contribution is -0.117. The van der Waals surface area contributed by atoms with Crippen LogP contribution in [0.25, 0.3) is 0 Å². The van der Waals surface area contributed by atoms with Gasteiger partial charge in [-0.1, -0.05) is 0 Å². The van der Waals surface area contributed by atoms with Gasteiger partial charge in [0.05, 0.1) is 23.4 Å². The number of ether oxygens (including phenoxy) is 2. The molecule has 2 N–H and O–H groups in total. The van der Waals surface area contributed by atoms with Gasteiger partial charge in [-0.05, 0) is 33.6 Å². The Kier molecular flexibility index (Phi) is 2.37. The Morgan fingerprint density at radius 1 is 1.36 bits per heavy atom. The van der Waals surface area contributed by atoms with Crippen molar-refractivity contribution in [1.82, 2.24) is 0 Å². The van der Waals surface area contributed by atoms with E-state index in [1.165, 1.54) is 0 Å². The topological polar surface area (TPSA) is 44.5 Å². The van der Waals surface area contributed by atoms with Gasteiger partial charge in [-0.3, -0.25) is 0 Å². The molecule has 3 heteroatoms. The molecule has 0 aromatic carbocycles. The van der Waals surface area contributed by atoms with E-state index < -0.39 is 0 Å². The molecule has 14 heavy (non-hydrogen) atoms. The Morgan fingerprint density at radius 2 is 2.07 bits per heavy atom. The summed E-state index contributed by atoms with van der Waals surface area (Å²) < 4.78 is 12.0. The quantitative estimate of drug-likeness (QED) is 0.695. The molecule has 4 atom stereocenters. The molecule has 3 nitrogen and oxygen atoms in total. The summed E-state index contributed by atoms with van der Waals surface area (Å²) in [6.45, 7) is 6.95. The third-order valence-corrected chi connectivity index (χ3v) is 3.77. The molecule has 0 saturated carbocycles. The van der Waals surface area contributed by atoms with Crippen molar-refractivity contribution in [1.29, 1.82) is 0 Å². The zero-order valence-corrected chi connectivity index (χ0v) is 9.38. The van der Waals surface area contributed by atoms with Gasteiger partial charge in [-0.25, -0.2) is 0 Å². The maximum atomic E-state index is 6.18. The van der Waals surface area contributed by atoms with Crippen LogP contribution in [0.1, 0.15) is 40.0 Å². The standard InChI is InChI=1S/C11H21NO2/c1-8-6-11(9(2)13-8)5-4-10(3,7-12)14-11/h8-9H,4-7,12H2,1-3H3. The lowest BCUT2D eigenvalue weighted by Gasteiger charge is -2.31. The second-order valence-electron chi connectivity index (χ2n) is 5.11. The lowest BCUT2D eigenvalue weighted by Crippen LogP contribution is -2.42. The number of rotatable bonds is 1. The molecule has 0 aromatic rings. The maximum Gasteiger partial charge on any atom is 0.0973 e. The molecule has 2 rings (SSSR count). The summed E-state index contributed by atoms with van der Waals surface area (Å²) >= 11 is 0. The third kappa shape index (κ3) is 1.47. The Hall–Kier alpha value is -0.120. The lowest BCUT2D eigenvalue weighted by atomic mass is 9.90. The predicted molar refractivity (Wildman–Crippen MR) is 55.1 cm³/mol. The van der Waals surface area contributed by atoms with Gasteiger partial charge in [0, 0.05) is 13.0 Å². The highest BCUT2D eigenvalue weighted by Gasteiger charge is 2.54. The maximum absolute atomic E-state index is 6.18. The van der Waals surface area contributed by atoms with Crippen LogP contribution in [0.15, 0.2) is 0 Å². The highest BCUT2D eigenvalue weighted by Crippen LogP contribution is 2.47. The molecule has 2 fully saturated rings. The van der Waals surface area contributed by atoms with Crippen molar-refractivity contribution >= 4 is 0 Å². The van der Waals surface area contributed by atoms with Crippen LogP contribution in [0.2, 0.25) is 0 Å². The number of hydrogen-bond acceptors (Lipinski definition) is 3. The molecule has 2 saturated heterocycles. The van der Waals surface area contributed by atoms with Gasteiger partial charge in [0.1, 0.15) is 0 Å². The van der Waals surface area contributed by atoms with Gasteiger partial charge in [-0.2, -0.15) is 0 Å². The van der Waals surface area contributed by atoms with E-state index in [0.717, 1.165) is 19.3 Å². The van der Waals surface area contributed by atoms with Crippen molar-refractivity contribution in [2.75, 3.05) is 6.54 Å². The van der Waals surface area contributed by atoms with Gasteiger partial charge in [0.25, 0.3) is 0 Å².